The monoisotopic (exact) mass is 479 g/mol. The first-order valence-electron chi connectivity index (χ1n) is 12.6. The fraction of sp³-hybridized carbons (Fsp3) is 0.310. The van der Waals surface area contributed by atoms with Crippen LogP contribution in [0.5, 0.6) is 11.6 Å². The molecule has 182 valence electrons. The number of nitrogens with zero attached hydrogens (tertiary/aromatic N) is 3. The van der Waals surface area contributed by atoms with E-state index in [-0.39, 0.29) is 23.2 Å². The van der Waals surface area contributed by atoms with Crippen molar-refractivity contribution >= 4 is 28.3 Å². The Morgan fingerprint density at radius 3 is 2.69 bits per heavy atom. The first-order chi connectivity index (χ1) is 17.5. The minimum Gasteiger partial charge on any atom is -0.437 e. The van der Waals surface area contributed by atoms with Crippen LogP contribution in [-0.2, 0) is 4.79 Å². The molecule has 6 rings (SSSR count). The zero-order valence-corrected chi connectivity index (χ0v) is 20.3. The molecule has 1 amide bonds. The van der Waals surface area contributed by atoms with E-state index in [4.69, 9.17) is 10.5 Å². The van der Waals surface area contributed by atoms with Crippen LogP contribution in [0.1, 0.15) is 44.1 Å². The van der Waals surface area contributed by atoms with Crippen molar-refractivity contribution in [1.29, 1.82) is 0 Å². The fourth-order valence-electron chi connectivity index (χ4n) is 5.72. The molecule has 2 aromatic carbocycles. The second-order valence-electron chi connectivity index (χ2n) is 10.0. The van der Waals surface area contributed by atoms with E-state index in [2.05, 4.69) is 20.3 Å². The van der Waals surface area contributed by atoms with Gasteiger partial charge in [0.15, 0.2) is 0 Å². The largest absolute Gasteiger partial charge is 0.437 e. The molecule has 0 radical (unpaired) electrons. The molecule has 2 saturated carbocycles. The van der Waals surface area contributed by atoms with Gasteiger partial charge in [-0.05, 0) is 61.4 Å². The van der Waals surface area contributed by atoms with E-state index >= 15 is 0 Å². The van der Waals surface area contributed by atoms with Gasteiger partial charge in [0.25, 0.3) is 0 Å². The lowest BCUT2D eigenvalue weighted by atomic mass is 9.84. The number of nitrogens with one attached hydrogen (secondary N) is 1. The molecule has 0 bridgehead atoms. The van der Waals surface area contributed by atoms with Crippen LogP contribution in [0, 0.1) is 18.3 Å². The van der Waals surface area contributed by atoms with Crippen molar-refractivity contribution < 1.29 is 9.53 Å². The fourth-order valence-corrected chi connectivity index (χ4v) is 5.72. The number of rotatable bonds is 5. The number of pyridine rings is 1. The zero-order chi connectivity index (χ0) is 24.7. The molecule has 1 unspecified atom stereocenters. The Hall–Kier alpha value is -4.00. The third kappa shape index (κ3) is 4.04. The number of hydrogen-bond donors (Lipinski definition) is 2. The smallest absolute Gasteiger partial charge is 0.228 e. The van der Waals surface area contributed by atoms with Gasteiger partial charge in [-0.25, -0.2) is 15.0 Å². The number of carbonyl (C=O) groups excluding carboxylic acids is 1. The number of aryl methyl sites for hydroxylation is 1. The molecule has 4 aromatic rings. The second kappa shape index (κ2) is 8.90. The molecular weight excluding hydrogens is 450 g/mol. The number of carbonyl (C=O) groups is 1. The van der Waals surface area contributed by atoms with Gasteiger partial charge in [0.2, 0.25) is 17.7 Å². The van der Waals surface area contributed by atoms with Crippen molar-refractivity contribution in [3.63, 3.8) is 0 Å². The van der Waals surface area contributed by atoms with Crippen LogP contribution in [0.15, 0.2) is 60.9 Å². The van der Waals surface area contributed by atoms with Gasteiger partial charge in [0.05, 0.1) is 11.3 Å². The van der Waals surface area contributed by atoms with E-state index in [1.807, 2.05) is 49.4 Å². The molecule has 2 fully saturated rings. The van der Waals surface area contributed by atoms with Crippen LogP contribution in [0.2, 0.25) is 0 Å². The van der Waals surface area contributed by atoms with Crippen molar-refractivity contribution in [2.75, 3.05) is 11.1 Å². The number of nitrogen functional groups attached to an aromatic ring is 1. The van der Waals surface area contributed by atoms with Gasteiger partial charge in [-0.3, -0.25) is 4.79 Å². The lowest BCUT2D eigenvalue weighted by Gasteiger charge is -2.22. The summed E-state index contributed by atoms with van der Waals surface area (Å²) in [7, 11) is 0. The Balaban J connectivity index is 1.32. The van der Waals surface area contributed by atoms with Crippen LogP contribution in [0.4, 0.5) is 11.6 Å². The number of anilines is 2. The van der Waals surface area contributed by atoms with E-state index in [9.17, 15) is 4.79 Å². The number of fused-ring (bicyclic) bond motifs is 1. The molecule has 7 nitrogen and oxygen atoms in total. The van der Waals surface area contributed by atoms with Crippen molar-refractivity contribution in [2.24, 2.45) is 11.3 Å². The molecule has 2 aliphatic carbocycles. The lowest BCUT2D eigenvalue weighted by Crippen LogP contribution is -2.20. The Morgan fingerprint density at radius 1 is 1.00 bits per heavy atom. The van der Waals surface area contributed by atoms with Gasteiger partial charge >= 0.3 is 0 Å². The molecule has 2 aliphatic rings. The first-order valence-corrected chi connectivity index (χ1v) is 12.6. The molecule has 3 N–H and O–H groups in total. The summed E-state index contributed by atoms with van der Waals surface area (Å²) >= 11 is 0. The maximum absolute atomic E-state index is 13.2. The van der Waals surface area contributed by atoms with Crippen molar-refractivity contribution in [1.82, 2.24) is 15.0 Å². The van der Waals surface area contributed by atoms with E-state index in [0.717, 1.165) is 34.0 Å². The number of amides is 1. The third-order valence-corrected chi connectivity index (χ3v) is 7.74. The van der Waals surface area contributed by atoms with E-state index in [0.29, 0.717) is 17.3 Å². The van der Waals surface area contributed by atoms with Crippen LogP contribution >= 0.6 is 0 Å². The van der Waals surface area contributed by atoms with Gasteiger partial charge in [-0.15, -0.1) is 0 Å². The number of hydrogen-bond acceptors (Lipinski definition) is 6. The van der Waals surface area contributed by atoms with Crippen LogP contribution in [-0.4, -0.2) is 20.9 Å². The van der Waals surface area contributed by atoms with Crippen molar-refractivity contribution in [3.8, 4) is 22.9 Å². The Labute approximate surface area is 210 Å². The van der Waals surface area contributed by atoms with Gasteiger partial charge in [-0.1, -0.05) is 43.5 Å². The highest BCUT2D eigenvalue weighted by Crippen LogP contribution is 2.61. The number of ether oxygens (including phenoxy) is 1. The summed E-state index contributed by atoms with van der Waals surface area (Å²) in [5.41, 5.74) is 9.19. The Kier molecular flexibility index (Phi) is 5.55. The summed E-state index contributed by atoms with van der Waals surface area (Å²) in [6.45, 7) is 2.00. The summed E-state index contributed by atoms with van der Waals surface area (Å²) in [5.74, 6) is 1.58. The van der Waals surface area contributed by atoms with Gasteiger partial charge in [0, 0.05) is 34.8 Å². The van der Waals surface area contributed by atoms with Crippen LogP contribution < -0.4 is 15.8 Å². The Bertz CT molecular complexity index is 1460. The SMILES string of the molecule is Cc1ccc2c(NC(=O)C3CC34CCCCC4)cccc2c1Oc1ncccc1-c1ccnc(N)n1. The van der Waals surface area contributed by atoms with Gasteiger partial charge < -0.3 is 15.8 Å². The second-order valence-corrected chi connectivity index (χ2v) is 10.0. The average Bonchev–Trinajstić information content (AvgIpc) is 3.59. The zero-order valence-electron chi connectivity index (χ0n) is 20.3. The van der Waals surface area contributed by atoms with Crippen LogP contribution in [0.25, 0.3) is 22.0 Å². The van der Waals surface area contributed by atoms with Crippen LogP contribution in [0.3, 0.4) is 0 Å². The number of nitrogens with two attached hydrogens (primary N) is 1. The molecular formula is C29H29N5O2. The predicted molar refractivity (Wildman–Crippen MR) is 141 cm³/mol. The maximum atomic E-state index is 13.2. The first kappa shape index (κ1) is 22.5. The molecule has 1 spiro atoms. The number of benzene rings is 2. The topological polar surface area (TPSA) is 103 Å². The highest BCUT2D eigenvalue weighted by atomic mass is 16.5. The standard InChI is InChI=1S/C29H29N5O2/c1-18-10-11-19-20(7-5-9-23(19)33-26(35)22-17-29(22)13-3-2-4-14-29)25(18)36-27-21(8-6-15-31-27)24-12-16-32-28(30)34-24/h5-12,15-16,22H,2-4,13-14,17H2,1H3,(H,33,35)(H2,30,32,34). The predicted octanol–water partition coefficient (Wildman–Crippen LogP) is 6.28. The molecule has 1 atom stereocenters. The van der Waals surface area contributed by atoms with E-state index in [1.54, 1.807) is 18.5 Å². The quantitative estimate of drug-likeness (QED) is 0.349. The van der Waals surface area contributed by atoms with Gasteiger partial charge in [-0.2, -0.15) is 0 Å². The molecule has 0 saturated heterocycles. The molecule has 7 heteroatoms. The highest BCUT2D eigenvalue weighted by molar-refractivity contribution is 6.05. The minimum absolute atomic E-state index is 0.130. The summed E-state index contributed by atoms with van der Waals surface area (Å²) in [5, 5.41) is 5.08. The molecule has 2 aromatic heterocycles. The van der Waals surface area contributed by atoms with Gasteiger partial charge in [0.1, 0.15) is 5.75 Å². The molecule has 2 heterocycles. The number of aromatic nitrogens is 3. The average molecular weight is 480 g/mol. The van der Waals surface area contributed by atoms with E-state index in [1.165, 1.54) is 32.1 Å². The van der Waals surface area contributed by atoms with E-state index < -0.39 is 0 Å². The molecule has 36 heavy (non-hydrogen) atoms. The normalized spacial score (nSPS) is 18.2. The van der Waals surface area contributed by atoms with Crippen molar-refractivity contribution in [2.45, 2.75) is 45.4 Å². The van der Waals surface area contributed by atoms with Crippen molar-refractivity contribution in [3.05, 3.63) is 66.5 Å². The highest BCUT2D eigenvalue weighted by Gasteiger charge is 2.57. The lowest BCUT2D eigenvalue weighted by molar-refractivity contribution is -0.118. The third-order valence-electron chi connectivity index (χ3n) is 7.74. The minimum atomic E-state index is 0.130. The summed E-state index contributed by atoms with van der Waals surface area (Å²) < 4.78 is 6.43. The summed E-state index contributed by atoms with van der Waals surface area (Å²) in [6, 6.07) is 15.5. The maximum Gasteiger partial charge on any atom is 0.228 e. The molecule has 0 aliphatic heterocycles. The Morgan fingerprint density at radius 2 is 1.86 bits per heavy atom. The summed E-state index contributed by atoms with van der Waals surface area (Å²) in [6.07, 6.45) is 10.5. The summed E-state index contributed by atoms with van der Waals surface area (Å²) in [4.78, 5) is 26.0.